The Bertz CT molecular complexity index is 196. The van der Waals surface area contributed by atoms with Crippen LogP contribution in [0.25, 0.3) is 0 Å². The first-order valence-electron chi connectivity index (χ1n) is 4.32. The molecule has 0 amide bonds. The number of aliphatic hydroxyl groups excluding tert-OH is 2. The lowest BCUT2D eigenvalue weighted by atomic mass is 9.81. The molecule has 0 heterocycles. The van der Waals surface area contributed by atoms with E-state index in [9.17, 15) is 10.2 Å². The summed E-state index contributed by atoms with van der Waals surface area (Å²) in [5.74, 6) is 0.159. The Labute approximate surface area is 73.2 Å². The van der Waals surface area contributed by atoms with Gasteiger partial charge in [0.15, 0.2) is 0 Å². The van der Waals surface area contributed by atoms with E-state index in [0.717, 1.165) is 5.57 Å². The third kappa shape index (κ3) is 1.96. The third-order valence-corrected chi connectivity index (χ3v) is 2.48. The molecule has 1 saturated carbocycles. The van der Waals surface area contributed by atoms with E-state index in [1.54, 1.807) is 6.08 Å². The van der Waals surface area contributed by atoms with Gasteiger partial charge in [-0.3, -0.25) is 0 Å². The second-order valence-corrected chi connectivity index (χ2v) is 3.43. The Kier molecular flexibility index (Phi) is 3.06. The lowest BCUT2D eigenvalue weighted by molar-refractivity contribution is 0.0333. The molecule has 0 aromatic heterocycles. The molecule has 2 nitrogen and oxygen atoms in total. The average molecular weight is 168 g/mol. The van der Waals surface area contributed by atoms with Crippen molar-refractivity contribution in [3.8, 4) is 0 Å². The Hall–Kier alpha value is -0.600. The average Bonchev–Trinajstić information content (AvgIpc) is 2.00. The topological polar surface area (TPSA) is 40.5 Å². The van der Waals surface area contributed by atoms with Crippen molar-refractivity contribution in [2.24, 2.45) is 5.92 Å². The van der Waals surface area contributed by atoms with E-state index in [1.165, 1.54) is 0 Å². The van der Waals surface area contributed by atoms with Gasteiger partial charge in [0, 0.05) is 12.3 Å². The minimum Gasteiger partial charge on any atom is -0.393 e. The lowest BCUT2D eigenvalue weighted by Gasteiger charge is -2.30. The van der Waals surface area contributed by atoms with E-state index in [-0.39, 0.29) is 12.0 Å². The molecule has 0 spiro atoms. The van der Waals surface area contributed by atoms with Gasteiger partial charge in [-0.2, -0.15) is 0 Å². The van der Waals surface area contributed by atoms with E-state index in [4.69, 9.17) is 0 Å². The van der Waals surface area contributed by atoms with Crippen LogP contribution >= 0.6 is 0 Å². The molecule has 12 heavy (non-hydrogen) atoms. The normalized spacial score (nSPS) is 39.9. The highest BCUT2D eigenvalue weighted by molar-refractivity contribution is 5.17. The maximum atomic E-state index is 9.51. The second-order valence-electron chi connectivity index (χ2n) is 3.43. The predicted octanol–water partition coefficient (Wildman–Crippen LogP) is 1.25. The summed E-state index contributed by atoms with van der Waals surface area (Å²) in [6.07, 6.45) is 3.97. The van der Waals surface area contributed by atoms with Crippen molar-refractivity contribution in [1.29, 1.82) is 0 Å². The van der Waals surface area contributed by atoms with Crippen molar-refractivity contribution in [2.75, 3.05) is 0 Å². The zero-order chi connectivity index (χ0) is 9.14. The summed E-state index contributed by atoms with van der Waals surface area (Å²) in [7, 11) is 0. The summed E-state index contributed by atoms with van der Waals surface area (Å²) >= 11 is 0. The lowest BCUT2D eigenvalue weighted by Crippen LogP contribution is -2.32. The van der Waals surface area contributed by atoms with Gasteiger partial charge in [-0.15, -0.1) is 0 Å². The minimum atomic E-state index is -0.403. The van der Waals surface area contributed by atoms with Crippen LogP contribution in [0.2, 0.25) is 0 Å². The van der Waals surface area contributed by atoms with Gasteiger partial charge in [-0.1, -0.05) is 31.2 Å². The van der Waals surface area contributed by atoms with Crippen LogP contribution in [-0.4, -0.2) is 22.4 Å². The summed E-state index contributed by atoms with van der Waals surface area (Å²) in [5, 5.41) is 18.9. The van der Waals surface area contributed by atoms with Gasteiger partial charge in [0.05, 0.1) is 12.2 Å². The SMILES string of the molecule is C=CC=C1CC(O)CC(O)C1C. The van der Waals surface area contributed by atoms with Crippen LogP contribution in [0.1, 0.15) is 19.8 Å². The molecule has 0 saturated heterocycles. The number of allylic oxidation sites excluding steroid dienone is 2. The van der Waals surface area contributed by atoms with E-state index in [0.29, 0.717) is 12.8 Å². The zero-order valence-electron chi connectivity index (χ0n) is 7.40. The Morgan fingerprint density at radius 2 is 2.17 bits per heavy atom. The first kappa shape index (κ1) is 9.49. The summed E-state index contributed by atoms with van der Waals surface area (Å²) < 4.78 is 0. The minimum absolute atomic E-state index is 0.159. The van der Waals surface area contributed by atoms with Crippen LogP contribution < -0.4 is 0 Å². The fraction of sp³-hybridized carbons (Fsp3) is 0.600. The molecule has 2 N–H and O–H groups in total. The van der Waals surface area contributed by atoms with Gasteiger partial charge in [0.1, 0.15) is 0 Å². The quantitative estimate of drug-likeness (QED) is 0.618. The molecule has 2 heteroatoms. The van der Waals surface area contributed by atoms with E-state index in [1.807, 2.05) is 13.0 Å². The maximum Gasteiger partial charge on any atom is 0.0627 e. The fourth-order valence-corrected chi connectivity index (χ4v) is 1.64. The van der Waals surface area contributed by atoms with Gasteiger partial charge in [-0.25, -0.2) is 0 Å². The number of hydrogen-bond acceptors (Lipinski definition) is 2. The molecule has 1 aliphatic rings. The monoisotopic (exact) mass is 168 g/mol. The standard InChI is InChI=1S/C10H16O2/c1-3-4-8-5-9(11)6-10(12)7(8)2/h3-4,7,9-12H,1,5-6H2,2H3. The highest BCUT2D eigenvalue weighted by atomic mass is 16.3. The van der Waals surface area contributed by atoms with Crippen LogP contribution in [0.4, 0.5) is 0 Å². The largest absolute Gasteiger partial charge is 0.393 e. The zero-order valence-corrected chi connectivity index (χ0v) is 7.40. The Morgan fingerprint density at radius 1 is 1.50 bits per heavy atom. The molecular weight excluding hydrogens is 152 g/mol. The Balaban J connectivity index is 2.72. The van der Waals surface area contributed by atoms with Crippen LogP contribution in [0.15, 0.2) is 24.3 Å². The first-order chi connectivity index (χ1) is 5.65. The van der Waals surface area contributed by atoms with Crippen molar-refractivity contribution in [1.82, 2.24) is 0 Å². The van der Waals surface area contributed by atoms with Crippen LogP contribution in [0.3, 0.4) is 0 Å². The highest BCUT2D eigenvalue weighted by Crippen LogP contribution is 2.29. The van der Waals surface area contributed by atoms with Gasteiger partial charge in [0.2, 0.25) is 0 Å². The van der Waals surface area contributed by atoms with Gasteiger partial charge in [0.25, 0.3) is 0 Å². The van der Waals surface area contributed by atoms with E-state index < -0.39 is 6.10 Å². The summed E-state index contributed by atoms with van der Waals surface area (Å²) in [6, 6.07) is 0. The second kappa shape index (κ2) is 3.87. The number of rotatable bonds is 1. The molecule has 1 rings (SSSR count). The molecule has 0 radical (unpaired) electrons. The number of aliphatic hydroxyl groups is 2. The molecule has 0 bridgehead atoms. The van der Waals surface area contributed by atoms with Crippen molar-refractivity contribution in [3.63, 3.8) is 0 Å². The molecule has 0 aromatic rings. The fourth-order valence-electron chi connectivity index (χ4n) is 1.64. The van der Waals surface area contributed by atoms with Crippen LogP contribution in [-0.2, 0) is 0 Å². The maximum absolute atomic E-state index is 9.51. The molecule has 3 unspecified atom stereocenters. The van der Waals surface area contributed by atoms with E-state index >= 15 is 0 Å². The summed E-state index contributed by atoms with van der Waals surface area (Å²) in [6.45, 7) is 5.58. The molecule has 3 atom stereocenters. The molecule has 0 aromatic carbocycles. The van der Waals surface area contributed by atoms with Crippen molar-refractivity contribution < 1.29 is 10.2 Å². The van der Waals surface area contributed by atoms with Crippen LogP contribution in [0, 0.1) is 5.92 Å². The molecule has 68 valence electrons. The molecule has 1 fully saturated rings. The number of hydrogen-bond donors (Lipinski definition) is 2. The van der Waals surface area contributed by atoms with Crippen molar-refractivity contribution in [2.45, 2.75) is 32.0 Å². The van der Waals surface area contributed by atoms with E-state index in [2.05, 4.69) is 6.58 Å². The predicted molar refractivity (Wildman–Crippen MR) is 48.7 cm³/mol. The summed E-state index contributed by atoms with van der Waals surface area (Å²) in [4.78, 5) is 0. The van der Waals surface area contributed by atoms with Crippen molar-refractivity contribution >= 4 is 0 Å². The smallest absolute Gasteiger partial charge is 0.0627 e. The van der Waals surface area contributed by atoms with Gasteiger partial charge < -0.3 is 10.2 Å². The highest BCUT2D eigenvalue weighted by Gasteiger charge is 2.27. The molecule has 0 aliphatic heterocycles. The Morgan fingerprint density at radius 3 is 2.75 bits per heavy atom. The third-order valence-electron chi connectivity index (χ3n) is 2.48. The molecular formula is C10H16O2. The van der Waals surface area contributed by atoms with Gasteiger partial charge >= 0.3 is 0 Å². The first-order valence-corrected chi connectivity index (χ1v) is 4.32. The summed E-state index contributed by atoms with van der Waals surface area (Å²) in [5.41, 5.74) is 1.09. The van der Waals surface area contributed by atoms with Crippen LogP contribution in [0.5, 0.6) is 0 Å². The molecule has 1 aliphatic carbocycles. The van der Waals surface area contributed by atoms with Crippen molar-refractivity contribution in [3.05, 3.63) is 24.3 Å². The van der Waals surface area contributed by atoms with Gasteiger partial charge in [-0.05, 0) is 6.42 Å².